The summed E-state index contributed by atoms with van der Waals surface area (Å²) in [5.41, 5.74) is 2.39. The molecule has 1 unspecified atom stereocenters. The van der Waals surface area contributed by atoms with Gasteiger partial charge in [0.15, 0.2) is 11.5 Å². The summed E-state index contributed by atoms with van der Waals surface area (Å²) in [6, 6.07) is 13.1. The van der Waals surface area contributed by atoms with Crippen LogP contribution in [0.25, 0.3) is 11.0 Å². The standard InChI is InChI=1S/C20H21N3O4/c1-26-17-8-4-5-13-11-14(12-27-19(13)17)21-18(24)9-10-23-16-7-3-2-6-15(16)22-20(23)25/h2-8,14H,9-12H2,1H3,(H,21,24)(H,22,25). The molecule has 1 amide bonds. The minimum absolute atomic E-state index is 0.100. The van der Waals surface area contributed by atoms with E-state index in [1.807, 2.05) is 42.5 Å². The monoisotopic (exact) mass is 367 g/mol. The molecule has 3 aromatic rings. The molecule has 1 aliphatic rings. The molecule has 1 atom stereocenters. The Morgan fingerprint density at radius 1 is 1.30 bits per heavy atom. The number of imidazole rings is 1. The Morgan fingerprint density at radius 2 is 2.15 bits per heavy atom. The predicted octanol–water partition coefficient (Wildman–Crippen LogP) is 1.85. The van der Waals surface area contributed by atoms with Gasteiger partial charge in [0.05, 0.1) is 24.2 Å². The maximum Gasteiger partial charge on any atom is 0.326 e. The SMILES string of the molecule is COc1cccc2c1OCC(NC(=O)CCn1c(=O)[nH]c3ccccc31)C2. The van der Waals surface area contributed by atoms with E-state index in [-0.39, 0.29) is 24.1 Å². The van der Waals surface area contributed by atoms with Crippen LogP contribution in [0.2, 0.25) is 0 Å². The maximum absolute atomic E-state index is 12.4. The maximum atomic E-state index is 12.4. The number of benzene rings is 2. The lowest BCUT2D eigenvalue weighted by Gasteiger charge is -2.27. The Morgan fingerprint density at radius 3 is 3.00 bits per heavy atom. The number of nitrogens with one attached hydrogen (secondary N) is 2. The average Bonchev–Trinajstić information content (AvgIpc) is 3.00. The van der Waals surface area contributed by atoms with Crippen LogP contribution in [-0.2, 0) is 17.8 Å². The number of para-hydroxylation sites is 3. The van der Waals surface area contributed by atoms with E-state index in [1.54, 1.807) is 11.7 Å². The Balaban J connectivity index is 1.39. The molecule has 0 fully saturated rings. The molecule has 0 radical (unpaired) electrons. The van der Waals surface area contributed by atoms with Crippen LogP contribution in [-0.4, -0.2) is 35.2 Å². The van der Waals surface area contributed by atoms with E-state index < -0.39 is 0 Å². The summed E-state index contributed by atoms with van der Waals surface area (Å²) < 4.78 is 12.7. The quantitative estimate of drug-likeness (QED) is 0.721. The summed E-state index contributed by atoms with van der Waals surface area (Å²) in [5, 5.41) is 3.00. The molecule has 2 N–H and O–H groups in total. The molecule has 140 valence electrons. The number of nitrogens with zero attached hydrogens (tertiary/aromatic N) is 1. The normalized spacial score (nSPS) is 15.8. The van der Waals surface area contributed by atoms with Gasteiger partial charge in [0, 0.05) is 18.5 Å². The average molecular weight is 367 g/mol. The number of hydrogen-bond donors (Lipinski definition) is 2. The Hall–Kier alpha value is -3.22. The van der Waals surface area contributed by atoms with Crippen molar-refractivity contribution >= 4 is 16.9 Å². The van der Waals surface area contributed by atoms with Gasteiger partial charge in [-0.3, -0.25) is 9.36 Å². The fourth-order valence-corrected chi connectivity index (χ4v) is 3.49. The molecule has 2 aromatic carbocycles. The van der Waals surface area contributed by atoms with Gasteiger partial charge in [-0.15, -0.1) is 0 Å². The highest BCUT2D eigenvalue weighted by Gasteiger charge is 2.23. The van der Waals surface area contributed by atoms with Crippen LogP contribution in [0.15, 0.2) is 47.3 Å². The molecule has 0 saturated carbocycles. The second kappa shape index (κ2) is 7.19. The smallest absolute Gasteiger partial charge is 0.326 e. The predicted molar refractivity (Wildman–Crippen MR) is 101 cm³/mol. The molecule has 4 rings (SSSR count). The first kappa shape index (κ1) is 17.2. The Kier molecular flexibility index (Phi) is 4.58. The topological polar surface area (TPSA) is 85.3 Å². The number of methoxy groups -OCH3 is 1. The third-order valence-corrected chi connectivity index (χ3v) is 4.78. The summed E-state index contributed by atoms with van der Waals surface area (Å²) >= 11 is 0. The number of carbonyl (C=O) groups excluding carboxylic acids is 1. The highest BCUT2D eigenvalue weighted by molar-refractivity contribution is 5.77. The highest BCUT2D eigenvalue weighted by Crippen LogP contribution is 2.34. The number of aromatic amines is 1. The molecule has 0 aliphatic carbocycles. The van der Waals surface area contributed by atoms with Gasteiger partial charge < -0.3 is 19.8 Å². The molecule has 7 heteroatoms. The zero-order valence-corrected chi connectivity index (χ0v) is 15.0. The molecule has 1 aliphatic heterocycles. The summed E-state index contributed by atoms with van der Waals surface area (Å²) in [5.74, 6) is 1.35. The third-order valence-electron chi connectivity index (χ3n) is 4.78. The van der Waals surface area contributed by atoms with Crippen LogP contribution in [0.4, 0.5) is 0 Å². The van der Waals surface area contributed by atoms with Gasteiger partial charge in [-0.25, -0.2) is 4.79 Å². The first-order chi connectivity index (χ1) is 13.2. The van der Waals surface area contributed by atoms with Gasteiger partial charge >= 0.3 is 5.69 Å². The van der Waals surface area contributed by atoms with E-state index in [0.29, 0.717) is 25.3 Å². The number of hydrogen-bond acceptors (Lipinski definition) is 4. The van der Waals surface area contributed by atoms with Crippen LogP contribution in [0, 0.1) is 0 Å². The van der Waals surface area contributed by atoms with Crippen LogP contribution in [0.1, 0.15) is 12.0 Å². The van der Waals surface area contributed by atoms with Crippen molar-refractivity contribution in [3.05, 3.63) is 58.5 Å². The van der Waals surface area contributed by atoms with Crippen molar-refractivity contribution in [2.45, 2.75) is 25.4 Å². The minimum Gasteiger partial charge on any atom is -0.493 e. The van der Waals surface area contributed by atoms with E-state index in [4.69, 9.17) is 9.47 Å². The van der Waals surface area contributed by atoms with E-state index in [9.17, 15) is 9.59 Å². The summed E-state index contributed by atoms with van der Waals surface area (Å²) in [6.45, 7) is 0.721. The van der Waals surface area contributed by atoms with Gasteiger partial charge in [0.1, 0.15) is 6.61 Å². The number of H-pyrrole nitrogens is 1. The van der Waals surface area contributed by atoms with Crippen molar-refractivity contribution in [2.75, 3.05) is 13.7 Å². The number of rotatable bonds is 5. The number of fused-ring (bicyclic) bond motifs is 2. The molecular formula is C20H21N3O4. The van der Waals surface area contributed by atoms with Crippen molar-refractivity contribution in [1.82, 2.24) is 14.9 Å². The van der Waals surface area contributed by atoms with Gasteiger partial charge in [-0.1, -0.05) is 24.3 Å². The molecule has 2 heterocycles. The van der Waals surface area contributed by atoms with Gasteiger partial charge in [-0.2, -0.15) is 0 Å². The summed E-state index contributed by atoms with van der Waals surface area (Å²) in [7, 11) is 1.61. The molecule has 7 nitrogen and oxygen atoms in total. The zero-order chi connectivity index (χ0) is 18.8. The lowest BCUT2D eigenvalue weighted by Crippen LogP contribution is -2.43. The second-order valence-corrected chi connectivity index (χ2v) is 6.58. The van der Waals surface area contributed by atoms with Crippen molar-refractivity contribution in [2.24, 2.45) is 0 Å². The molecule has 1 aromatic heterocycles. The first-order valence-corrected chi connectivity index (χ1v) is 8.91. The summed E-state index contributed by atoms with van der Waals surface area (Å²) in [6.07, 6.45) is 0.911. The van der Waals surface area contributed by atoms with Crippen molar-refractivity contribution in [3.63, 3.8) is 0 Å². The van der Waals surface area contributed by atoms with Crippen LogP contribution < -0.4 is 20.5 Å². The molecule has 27 heavy (non-hydrogen) atoms. The van der Waals surface area contributed by atoms with E-state index in [2.05, 4.69) is 10.3 Å². The van der Waals surface area contributed by atoms with Crippen LogP contribution >= 0.6 is 0 Å². The highest BCUT2D eigenvalue weighted by atomic mass is 16.5. The number of aryl methyl sites for hydroxylation is 1. The Bertz CT molecular complexity index is 1040. The van der Waals surface area contributed by atoms with Crippen molar-refractivity contribution in [1.29, 1.82) is 0 Å². The number of amides is 1. The Labute approximate surface area is 155 Å². The van der Waals surface area contributed by atoms with E-state index in [1.165, 1.54) is 0 Å². The van der Waals surface area contributed by atoms with Gasteiger partial charge in [0.2, 0.25) is 5.91 Å². The molecule has 0 bridgehead atoms. The van der Waals surface area contributed by atoms with Crippen LogP contribution in [0.5, 0.6) is 11.5 Å². The van der Waals surface area contributed by atoms with E-state index in [0.717, 1.165) is 22.3 Å². The number of aromatic nitrogens is 2. The lowest BCUT2D eigenvalue weighted by atomic mass is 10.0. The van der Waals surface area contributed by atoms with Crippen LogP contribution in [0.3, 0.4) is 0 Å². The minimum atomic E-state index is -0.203. The lowest BCUT2D eigenvalue weighted by molar-refractivity contribution is -0.122. The van der Waals surface area contributed by atoms with E-state index >= 15 is 0 Å². The number of ether oxygens (including phenoxy) is 2. The third kappa shape index (κ3) is 3.40. The largest absolute Gasteiger partial charge is 0.493 e. The van der Waals surface area contributed by atoms with Gasteiger partial charge in [-0.05, 0) is 24.6 Å². The summed E-state index contributed by atoms with van der Waals surface area (Å²) in [4.78, 5) is 27.3. The van der Waals surface area contributed by atoms with Crippen molar-refractivity contribution < 1.29 is 14.3 Å². The van der Waals surface area contributed by atoms with Crippen molar-refractivity contribution in [3.8, 4) is 11.5 Å². The fraction of sp³-hybridized carbons (Fsp3) is 0.300. The number of carbonyl (C=O) groups is 1. The second-order valence-electron chi connectivity index (χ2n) is 6.58. The zero-order valence-electron chi connectivity index (χ0n) is 15.0. The van der Waals surface area contributed by atoms with Gasteiger partial charge in [0.25, 0.3) is 0 Å². The fourth-order valence-electron chi connectivity index (χ4n) is 3.49. The molecule has 0 spiro atoms. The molecule has 0 saturated heterocycles. The first-order valence-electron chi connectivity index (χ1n) is 8.91. The molecular weight excluding hydrogens is 346 g/mol.